The lowest BCUT2D eigenvalue weighted by molar-refractivity contribution is 0.0142. The summed E-state index contributed by atoms with van der Waals surface area (Å²) in [5.74, 6) is -1.05. The first-order valence-electron chi connectivity index (χ1n) is 6.01. The molecule has 1 rings (SSSR count). The summed E-state index contributed by atoms with van der Waals surface area (Å²) in [6.07, 6.45) is 0. The van der Waals surface area contributed by atoms with Crippen molar-refractivity contribution < 1.29 is 14.3 Å². The van der Waals surface area contributed by atoms with Gasteiger partial charge in [-0.05, 0) is 37.5 Å². The van der Waals surface area contributed by atoms with Gasteiger partial charge in [0, 0.05) is 6.54 Å². The van der Waals surface area contributed by atoms with Gasteiger partial charge in [-0.25, -0.2) is 4.39 Å². The molecule has 1 aromatic carbocycles. The Kier molecular flexibility index (Phi) is 4.46. The summed E-state index contributed by atoms with van der Waals surface area (Å²) < 4.78 is 13.6. The molecule has 3 nitrogen and oxygen atoms in total. The molecule has 18 heavy (non-hydrogen) atoms. The highest BCUT2D eigenvalue weighted by atomic mass is 19.1. The Balaban J connectivity index is 2.72. The van der Waals surface area contributed by atoms with Crippen LogP contribution in [0.3, 0.4) is 0 Å². The minimum absolute atomic E-state index is 0.000145. The van der Waals surface area contributed by atoms with Crippen LogP contribution in [-0.2, 0) is 0 Å². The summed E-state index contributed by atoms with van der Waals surface area (Å²) >= 11 is 0. The number of carbonyl (C=O) groups is 1. The number of rotatable bonds is 4. The monoisotopic (exact) mass is 253 g/mol. The maximum atomic E-state index is 13.6. The van der Waals surface area contributed by atoms with Gasteiger partial charge in [0.05, 0.1) is 11.2 Å². The van der Waals surface area contributed by atoms with Crippen LogP contribution >= 0.6 is 0 Å². The minimum Gasteiger partial charge on any atom is -0.388 e. The summed E-state index contributed by atoms with van der Waals surface area (Å²) in [4.78, 5) is 11.8. The molecular formula is C14H20FNO2. The number of carbonyl (C=O) groups excluding carboxylic acids is 1. The number of nitrogens with one attached hydrogen (secondary N) is 1. The van der Waals surface area contributed by atoms with Crippen molar-refractivity contribution in [1.29, 1.82) is 0 Å². The van der Waals surface area contributed by atoms with E-state index in [1.807, 2.05) is 13.8 Å². The number of aliphatic hydroxyl groups is 1. The fourth-order valence-electron chi connectivity index (χ4n) is 1.36. The molecule has 0 fully saturated rings. The fourth-order valence-corrected chi connectivity index (χ4v) is 1.36. The SMILES string of the molecule is Cc1ccc(C(=O)NCC(C)(O)C(C)C)c(F)c1. The molecule has 1 atom stereocenters. The first-order valence-corrected chi connectivity index (χ1v) is 6.01. The summed E-state index contributed by atoms with van der Waals surface area (Å²) in [6, 6.07) is 4.44. The summed E-state index contributed by atoms with van der Waals surface area (Å²) in [7, 11) is 0. The summed E-state index contributed by atoms with van der Waals surface area (Å²) in [5.41, 5.74) is -0.241. The number of benzene rings is 1. The van der Waals surface area contributed by atoms with Gasteiger partial charge < -0.3 is 10.4 Å². The van der Waals surface area contributed by atoms with E-state index in [1.165, 1.54) is 12.1 Å². The van der Waals surface area contributed by atoms with Crippen LogP contribution in [0.25, 0.3) is 0 Å². The third kappa shape index (κ3) is 3.53. The van der Waals surface area contributed by atoms with Gasteiger partial charge in [0.2, 0.25) is 0 Å². The third-order valence-corrected chi connectivity index (χ3v) is 3.22. The van der Waals surface area contributed by atoms with Crippen molar-refractivity contribution >= 4 is 5.91 Å². The smallest absolute Gasteiger partial charge is 0.254 e. The maximum Gasteiger partial charge on any atom is 0.254 e. The lowest BCUT2D eigenvalue weighted by atomic mass is 9.92. The van der Waals surface area contributed by atoms with Gasteiger partial charge in [0.1, 0.15) is 5.82 Å². The van der Waals surface area contributed by atoms with Crippen molar-refractivity contribution in [3.8, 4) is 0 Å². The molecule has 1 aromatic rings. The van der Waals surface area contributed by atoms with Crippen LogP contribution in [0.4, 0.5) is 4.39 Å². The van der Waals surface area contributed by atoms with Gasteiger partial charge in [-0.1, -0.05) is 19.9 Å². The summed E-state index contributed by atoms with van der Waals surface area (Å²) in [5, 5.41) is 12.5. The average Bonchev–Trinajstić information content (AvgIpc) is 2.25. The molecule has 0 heterocycles. The molecule has 0 radical (unpaired) electrons. The first kappa shape index (κ1) is 14.6. The van der Waals surface area contributed by atoms with Crippen LogP contribution < -0.4 is 5.32 Å². The highest BCUT2D eigenvalue weighted by molar-refractivity contribution is 5.94. The van der Waals surface area contributed by atoms with E-state index in [9.17, 15) is 14.3 Å². The first-order chi connectivity index (χ1) is 8.24. The zero-order chi connectivity index (χ0) is 13.9. The van der Waals surface area contributed by atoms with Crippen molar-refractivity contribution in [2.45, 2.75) is 33.3 Å². The van der Waals surface area contributed by atoms with Gasteiger partial charge in [0.25, 0.3) is 5.91 Å². The van der Waals surface area contributed by atoms with Gasteiger partial charge in [-0.3, -0.25) is 4.79 Å². The number of halogens is 1. The van der Waals surface area contributed by atoms with Crippen LogP contribution in [-0.4, -0.2) is 23.2 Å². The number of hydrogen-bond donors (Lipinski definition) is 2. The lowest BCUT2D eigenvalue weighted by Crippen LogP contribution is -2.44. The van der Waals surface area contributed by atoms with Gasteiger partial charge in [-0.15, -0.1) is 0 Å². The molecule has 0 spiro atoms. The Bertz CT molecular complexity index is 441. The largest absolute Gasteiger partial charge is 0.388 e. The standard InChI is InChI=1S/C14H20FNO2/c1-9(2)14(4,18)8-16-13(17)11-6-5-10(3)7-12(11)15/h5-7,9,18H,8H2,1-4H3,(H,16,17). The predicted octanol–water partition coefficient (Wildman–Crippen LogP) is 2.27. The second-order valence-electron chi connectivity index (χ2n) is 5.18. The van der Waals surface area contributed by atoms with E-state index in [4.69, 9.17) is 0 Å². The van der Waals surface area contributed by atoms with Crippen LogP contribution in [0.2, 0.25) is 0 Å². The molecule has 1 unspecified atom stereocenters. The molecule has 0 aliphatic heterocycles. The summed E-state index contributed by atoms with van der Waals surface area (Å²) in [6.45, 7) is 7.21. The Morgan fingerprint density at radius 2 is 2.11 bits per heavy atom. The average molecular weight is 253 g/mol. The van der Waals surface area contributed by atoms with Crippen molar-refractivity contribution in [1.82, 2.24) is 5.32 Å². The molecule has 0 aromatic heterocycles. The second-order valence-corrected chi connectivity index (χ2v) is 5.18. The lowest BCUT2D eigenvalue weighted by Gasteiger charge is -2.27. The number of amides is 1. The van der Waals surface area contributed by atoms with Crippen molar-refractivity contribution in [3.05, 3.63) is 35.1 Å². The topological polar surface area (TPSA) is 49.3 Å². The number of aryl methyl sites for hydroxylation is 1. The molecular weight excluding hydrogens is 233 g/mol. The van der Waals surface area contributed by atoms with Crippen molar-refractivity contribution in [3.63, 3.8) is 0 Å². The van der Waals surface area contributed by atoms with E-state index in [0.717, 1.165) is 5.56 Å². The quantitative estimate of drug-likeness (QED) is 0.864. The van der Waals surface area contributed by atoms with Crippen LogP contribution in [0.5, 0.6) is 0 Å². The Labute approximate surface area is 107 Å². The fraction of sp³-hybridized carbons (Fsp3) is 0.500. The van der Waals surface area contributed by atoms with Crippen LogP contribution in [0, 0.1) is 18.7 Å². The van der Waals surface area contributed by atoms with E-state index in [1.54, 1.807) is 19.9 Å². The minimum atomic E-state index is -1.00. The molecule has 0 aliphatic carbocycles. The van der Waals surface area contributed by atoms with Crippen LogP contribution in [0.1, 0.15) is 36.7 Å². The molecule has 0 bridgehead atoms. The van der Waals surface area contributed by atoms with E-state index in [-0.39, 0.29) is 18.0 Å². The molecule has 0 aliphatic rings. The van der Waals surface area contributed by atoms with Crippen LogP contribution in [0.15, 0.2) is 18.2 Å². The molecule has 2 N–H and O–H groups in total. The predicted molar refractivity (Wildman–Crippen MR) is 68.9 cm³/mol. The van der Waals surface area contributed by atoms with E-state index < -0.39 is 17.3 Å². The van der Waals surface area contributed by atoms with Gasteiger partial charge in [-0.2, -0.15) is 0 Å². The highest BCUT2D eigenvalue weighted by Crippen LogP contribution is 2.15. The molecule has 4 heteroatoms. The van der Waals surface area contributed by atoms with Gasteiger partial charge in [0.15, 0.2) is 0 Å². The Morgan fingerprint density at radius 1 is 1.50 bits per heavy atom. The van der Waals surface area contributed by atoms with E-state index in [0.29, 0.717) is 0 Å². The Morgan fingerprint density at radius 3 is 2.61 bits per heavy atom. The normalized spacial score (nSPS) is 14.4. The number of hydrogen-bond acceptors (Lipinski definition) is 2. The molecule has 1 amide bonds. The second kappa shape index (κ2) is 5.48. The third-order valence-electron chi connectivity index (χ3n) is 3.22. The maximum absolute atomic E-state index is 13.6. The zero-order valence-electron chi connectivity index (χ0n) is 11.2. The molecule has 100 valence electrons. The highest BCUT2D eigenvalue weighted by Gasteiger charge is 2.25. The molecule has 0 saturated heterocycles. The van der Waals surface area contributed by atoms with Crippen molar-refractivity contribution in [2.75, 3.05) is 6.54 Å². The van der Waals surface area contributed by atoms with Gasteiger partial charge >= 0.3 is 0 Å². The molecule has 0 saturated carbocycles. The van der Waals surface area contributed by atoms with Crippen molar-refractivity contribution in [2.24, 2.45) is 5.92 Å². The Hall–Kier alpha value is -1.42. The van der Waals surface area contributed by atoms with E-state index >= 15 is 0 Å². The van der Waals surface area contributed by atoms with E-state index in [2.05, 4.69) is 5.32 Å². The zero-order valence-corrected chi connectivity index (χ0v) is 11.2.